The zero-order chi connectivity index (χ0) is 14.2. The van der Waals surface area contributed by atoms with E-state index in [0.717, 1.165) is 5.57 Å². The fraction of sp³-hybridized carbons (Fsp3) is 0.727. The second kappa shape index (κ2) is 8.10. The summed E-state index contributed by atoms with van der Waals surface area (Å²) in [5.74, 6) is 0.484. The molecule has 0 aromatic carbocycles. The van der Waals surface area contributed by atoms with Crippen molar-refractivity contribution in [1.82, 2.24) is 9.62 Å². The summed E-state index contributed by atoms with van der Waals surface area (Å²) in [6, 6.07) is 0. The number of guanidine groups is 1. The molecular formula is C11H24N4O2S. The van der Waals surface area contributed by atoms with Gasteiger partial charge in [0.1, 0.15) is 0 Å². The summed E-state index contributed by atoms with van der Waals surface area (Å²) in [4.78, 5) is 4.06. The normalized spacial score (nSPS) is 12.8. The van der Waals surface area contributed by atoms with Crippen molar-refractivity contribution in [2.24, 2.45) is 10.7 Å². The van der Waals surface area contributed by atoms with Gasteiger partial charge in [-0.25, -0.2) is 17.7 Å². The second-order valence-electron chi connectivity index (χ2n) is 4.16. The van der Waals surface area contributed by atoms with Gasteiger partial charge in [0.2, 0.25) is 10.0 Å². The van der Waals surface area contributed by atoms with Crippen molar-refractivity contribution in [1.29, 1.82) is 0 Å². The van der Waals surface area contributed by atoms with Crippen LogP contribution in [-0.2, 0) is 10.0 Å². The smallest absolute Gasteiger partial charge is 0.213 e. The summed E-state index contributed by atoms with van der Waals surface area (Å²) in [6.07, 6.45) is 0.680. The van der Waals surface area contributed by atoms with Crippen LogP contribution >= 0.6 is 0 Å². The molecular weight excluding hydrogens is 252 g/mol. The van der Waals surface area contributed by atoms with E-state index in [9.17, 15) is 8.42 Å². The molecule has 0 amide bonds. The van der Waals surface area contributed by atoms with Crippen molar-refractivity contribution < 1.29 is 8.42 Å². The van der Waals surface area contributed by atoms with Crippen molar-refractivity contribution in [3.63, 3.8) is 0 Å². The Morgan fingerprint density at radius 2 is 2.11 bits per heavy atom. The van der Waals surface area contributed by atoms with E-state index < -0.39 is 10.0 Å². The average molecular weight is 276 g/mol. The fourth-order valence-electron chi connectivity index (χ4n) is 1.15. The zero-order valence-electron chi connectivity index (χ0n) is 11.4. The quantitative estimate of drug-likeness (QED) is 0.286. The van der Waals surface area contributed by atoms with Crippen molar-refractivity contribution >= 4 is 16.0 Å². The van der Waals surface area contributed by atoms with E-state index in [-0.39, 0.29) is 5.75 Å². The molecule has 0 aromatic heterocycles. The summed E-state index contributed by atoms with van der Waals surface area (Å²) < 4.78 is 24.3. The van der Waals surface area contributed by atoms with Gasteiger partial charge in [0.25, 0.3) is 0 Å². The van der Waals surface area contributed by atoms with Gasteiger partial charge in [-0.05, 0) is 20.3 Å². The molecule has 0 heterocycles. The zero-order valence-corrected chi connectivity index (χ0v) is 12.3. The van der Waals surface area contributed by atoms with Gasteiger partial charge in [-0.15, -0.1) is 0 Å². The third-order valence-corrected chi connectivity index (χ3v) is 4.18. The molecule has 7 heteroatoms. The maximum atomic E-state index is 11.5. The van der Waals surface area contributed by atoms with E-state index in [2.05, 4.69) is 16.9 Å². The molecule has 0 aliphatic rings. The van der Waals surface area contributed by atoms with Gasteiger partial charge in [0.15, 0.2) is 5.96 Å². The first-order valence-electron chi connectivity index (χ1n) is 5.91. The number of aliphatic imine (C=N–C) groups is 1. The number of sulfonamides is 1. The number of hydrogen-bond donors (Lipinski definition) is 2. The average Bonchev–Trinajstić information content (AvgIpc) is 2.31. The molecule has 18 heavy (non-hydrogen) atoms. The van der Waals surface area contributed by atoms with E-state index in [1.54, 1.807) is 14.0 Å². The van der Waals surface area contributed by atoms with Crippen LogP contribution in [0, 0.1) is 0 Å². The maximum Gasteiger partial charge on any atom is 0.213 e. The highest BCUT2D eigenvalue weighted by Gasteiger charge is 2.13. The van der Waals surface area contributed by atoms with Gasteiger partial charge in [-0.1, -0.05) is 12.2 Å². The topological polar surface area (TPSA) is 87.8 Å². The number of rotatable bonds is 8. The van der Waals surface area contributed by atoms with Crippen LogP contribution in [0.1, 0.15) is 20.3 Å². The summed E-state index contributed by atoms with van der Waals surface area (Å²) in [7, 11) is -1.51. The van der Waals surface area contributed by atoms with E-state index >= 15 is 0 Å². The lowest BCUT2D eigenvalue weighted by molar-refractivity contribution is 0.461. The molecule has 0 unspecified atom stereocenters. The van der Waals surface area contributed by atoms with Crippen LogP contribution in [0.25, 0.3) is 0 Å². The number of nitrogens with one attached hydrogen (secondary N) is 1. The standard InChI is InChI=1S/C11H24N4O2S/c1-5-18(16,17)15(4)8-6-7-13-11(12)14-9-10(2)3/h2,5-9H2,1,3-4H3,(H3,12,13,14). The highest BCUT2D eigenvalue weighted by atomic mass is 32.2. The van der Waals surface area contributed by atoms with Gasteiger partial charge in [0, 0.05) is 20.1 Å². The predicted octanol–water partition coefficient (Wildman–Crippen LogP) is 0.138. The Labute approximate surface area is 110 Å². The molecule has 0 bridgehead atoms. The molecule has 3 N–H and O–H groups in total. The predicted molar refractivity (Wildman–Crippen MR) is 76.0 cm³/mol. The minimum Gasteiger partial charge on any atom is -0.370 e. The van der Waals surface area contributed by atoms with Crippen LogP contribution in [0.5, 0.6) is 0 Å². The Kier molecular flexibility index (Phi) is 7.61. The van der Waals surface area contributed by atoms with Crippen molar-refractivity contribution in [2.75, 3.05) is 32.4 Å². The fourth-order valence-corrected chi connectivity index (χ4v) is 2.00. The van der Waals surface area contributed by atoms with Gasteiger partial charge in [-0.3, -0.25) is 0 Å². The first-order valence-corrected chi connectivity index (χ1v) is 7.52. The Morgan fingerprint density at radius 1 is 1.50 bits per heavy atom. The monoisotopic (exact) mass is 276 g/mol. The minimum absolute atomic E-state index is 0.124. The summed E-state index contributed by atoms with van der Waals surface area (Å²) in [5, 5.41) is 2.93. The van der Waals surface area contributed by atoms with E-state index in [4.69, 9.17) is 5.73 Å². The second-order valence-corrected chi connectivity index (χ2v) is 6.53. The van der Waals surface area contributed by atoms with Gasteiger partial charge in [0.05, 0.1) is 12.3 Å². The van der Waals surface area contributed by atoms with E-state index in [1.165, 1.54) is 4.31 Å². The molecule has 0 aliphatic heterocycles. The lowest BCUT2D eigenvalue weighted by Gasteiger charge is -2.15. The summed E-state index contributed by atoms with van der Waals surface area (Å²) in [6.45, 7) is 8.79. The molecule has 0 atom stereocenters. The van der Waals surface area contributed by atoms with Gasteiger partial charge < -0.3 is 11.1 Å². The first kappa shape index (κ1) is 16.9. The van der Waals surface area contributed by atoms with Crippen LogP contribution in [0.2, 0.25) is 0 Å². The van der Waals surface area contributed by atoms with E-state index in [0.29, 0.717) is 32.0 Å². The SMILES string of the molecule is C=C(C)CN=C(N)NCCCN(C)S(=O)(=O)CC. The Balaban J connectivity index is 3.87. The minimum atomic E-state index is -3.09. The number of nitrogens with two attached hydrogens (primary N) is 1. The molecule has 0 aromatic rings. The molecule has 0 saturated carbocycles. The number of nitrogens with zero attached hydrogens (tertiary/aromatic N) is 2. The van der Waals surface area contributed by atoms with Crippen LogP contribution in [0.3, 0.4) is 0 Å². The Morgan fingerprint density at radius 3 is 2.61 bits per heavy atom. The maximum absolute atomic E-state index is 11.5. The van der Waals surface area contributed by atoms with Crippen LogP contribution < -0.4 is 11.1 Å². The highest BCUT2D eigenvalue weighted by Crippen LogP contribution is 1.98. The molecule has 0 aliphatic carbocycles. The third kappa shape index (κ3) is 7.29. The van der Waals surface area contributed by atoms with Crippen molar-refractivity contribution in [3.05, 3.63) is 12.2 Å². The van der Waals surface area contributed by atoms with E-state index in [1.807, 2.05) is 6.92 Å². The van der Waals surface area contributed by atoms with Gasteiger partial charge in [-0.2, -0.15) is 0 Å². The van der Waals surface area contributed by atoms with Crippen LogP contribution in [-0.4, -0.2) is 51.1 Å². The molecule has 0 fully saturated rings. The summed E-state index contributed by atoms with van der Waals surface area (Å²) >= 11 is 0. The lowest BCUT2D eigenvalue weighted by atomic mass is 10.4. The van der Waals surface area contributed by atoms with Crippen LogP contribution in [0.4, 0.5) is 0 Å². The van der Waals surface area contributed by atoms with Crippen molar-refractivity contribution in [2.45, 2.75) is 20.3 Å². The van der Waals surface area contributed by atoms with Gasteiger partial charge >= 0.3 is 0 Å². The highest BCUT2D eigenvalue weighted by molar-refractivity contribution is 7.89. The largest absolute Gasteiger partial charge is 0.370 e. The Hall–Kier alpha value is -1.08. The third-order valence-electron chi connectivity index (χ3n) is 2.31. The lowest BCUT2D eigenvalue weighted by Crippen LogP contribution is -2.35. The summed E-state index contributed by atoms with van der Waals surface area (Å²) in [5.41, 5.74) is 6.56. The molecule has 6 nitrogen and oxygen atoms in total. The van der Waals surface area contributed by atoms with Crippen LogP contribution in [0.15, 0.2) is 17.1 Å². The first-order chi connectivity index (χ1) is 8.29. The molecule has 106 valence electrons. The number of hydrogen-bond acceptors (Lipinski definition) is 3. The Bertz CT molecular complexity index is 390. The molecule has 0 saturated heterocycles. The molecule has 0 radical (unpaired) electrons. The molecule has 0 rings (SSSR count). The van der Waals surface area contributed by atoms with Crippen molar-refractivity contribution in [3.8, 4) is 0 Å². The molecule has 0 spiro atoms.